The highest BCUT2D eigenvalue weighted by Gasteiger charge is 2.28. The van der Waals surface area contributed by atoms with Crippen LogP contribution in [-0.2, 0) is 4.79 Å². The smallest absolute Gasteiger partial charge is 0.244 e. The summed E-state index contributed by atoms with van der Waals surface area (Å²) in [5.41, 5.74) is 2.47. The van der Waals surface area contributed by atoms with Crippen molar-refractivity contribution in [2.24, 2.45) is 0 Å². The minimum absolute atomic E-state index is 0.0489. The van der Waals surface area contributed by atoms with E-state index in [1.807, 2.05) is 24.5 Å². The number of nitrogens with zero attached hydrogens (tertiary/aromatic N) is 7. The summed E-state index contributed by atoms with van der Waals surface area (Å²) in [7, 11) is 1.80. The Bertz CT molecular complexity index is 1370. The zero-order chi connectivity index (χ0) is 24.5. The molecule has 10 nitrogen and oxygen atoms in total. The van der Waals surface area contributed by atoms with Crippen LogP contribution in [0.3, 0.4) is 0 Å². The minimum Gasteiger partial charge on any atom is -0.328 e. The van der Waals surface area contributed by atoms with Gasteiger partial charge in [-0.2, -0.15) is 4.39 Å². The maximum atomic E-state index is 14.6. The Labute approximate surface area is 201 Å². The van der Waals surface area contributed by atoms with Gasteiger partial charge in [0.1, 0.15) is 11.3 Å². The molecule has 1 atom stereocenters. The van der Waals surface area contributed by atoms with Crippen LogP contribution in [-0.4, -0.2) is 55.0 Å². The molecule has 4 aromatic rings. The fourth-order valence-electron chi connectivity index (χ4n) is 4.23. The maximum absolute atomic E-state index is 14.6. The predicted molar refractivity (Wildman–Crippen MR) is 131 cm³/mol. The minimum atomic E-state index is -0.643. The molecule has 5 rings (SSSR count). The first-order chi connectivity index (χ1) is 16.9. The number of carbonyl (C=O) groups is 1. The van der Waals surface area contributed by atoms with Crippen molar-refractivity contribution in [3.63, 3.8) is 0 Å². The van der Waals surface area contributed by atoms with Crippen molar-refractivity contribution < 1.29 is 9.18 Å². The zero-order valence-electron chi connectivity index (χ0n) is 19.7. The molecule has 0 aromatic carbocycles. The van der Waals surface area contributed by atoms with Crippen molar-refractivity contribution >= 4 is 34.4 Å². The second-order valence-corrected chi connectivity index (χ2v) is 8.68. The lowest BCUT2D eigenvalue weighted by Crippen LogP contribution is -2.49. The van der Waals surface area contributed by atoms with Crippen LogP contribution in [0.2, 0.25) is 0 Å². The van der Waals surface area contributed by atoms with Gasteiger partial charge in [0, 0.05) is 18.8 Å². The van der Waals surface area contributed by atoms with E-state index in [0.717, 1.165) is 18.5 Å². The quantitative estimate of drug-likeness (QED) is 0.408. The van der Waals surface area contributed by atoms with Crippen molar-refractivity contribution in [1.29, 1.82) is 0 Å². The van der Waals surface area contributed by atoms with Gasteiger partial charge in [-0.25, -0.2) is 24.9 Å². The van der Waals surface area contributed by atoms with Crippen molar-refractivity contribution in [1.82, 2.24) is 34.8 Å². The van der Waals surface area contributed by atoms with E-state index in [4.69, 9.17) is 0 Å². The SMILES string of the molecule is CNC1CCCN(c2ccc(Nc3nccc(-c4cc5c(ncn5C(C)C)c(F)n4)n3)nc2)C1=O. The Hall–Kier alpha value is -3.99. The summed E-state index contributed by atoms with van der Waals surface area (Å²) in [4.78, 5) is 35.7. The highest BCUT2D eigenvalue weighted by molar-refractivity contribution is 5.97. The van der Waals surface area contributed by atoms with Gasteiger partial charge in [-0.05, 0) is 58.0 Å². The number of hydrogen-bond acceptors (Lipinski definition) is 8. The van der Waals surface area contributed by atoms with Crippen molar-refractivity contribution in [2.75, 3.05) is 23.8 Å². The standard InChI is InChI=1S/C24H26FN9O/c1-14(2)34-13-29-21-19(34)11-18(30-22(21)25)16-8-9-27-24(31-16)32-20-7-6-15(12-28-20)33-10-4-5-17(26-3)23(33)35/h6-9,11-14,17,26H,4-5,10H2,1-3H3,(H,27,28,31,32). The highest BCUT2D eigenvalue weighted by atomic mass is 19.1. The molecule has 5 heterocycles. The molecule has 0 saturated carbocycles. The molecule has 1 aliphatic heterocycles. The largest absolute Gasteiger partial charge is 0.328 e. The lowest BCUT2D eigenvalue weighted by molar-refractivity contribution is -0.121. The van der Waals surface area contributed by atoms with Crippen LogP contribution in [0.25, 0.3) is 22.4 Å². The second-order valence-electron chi connectivity index (χ2n) is 8.68. The average Bonchev–Trinajstić information content (AvgIpc) is 3.30. The molecule has 0 spiro atoms. The van der Waals surface area contributed by atoms with Gasteiger partial charge >= 0.3 is 0 Å². The first-order valence-corrected chi connectivity index (χ1v) is 11.5. The molecule has 180 valence electrons. The fraction of sp³-hybridized carbons (Fsp3) is 0.333. The van der Waals surface area contributed by atoms with Crippen LogP contribution >= 0.6 is 0 Å². The molecule has 1 saturated heterocycles. The number of likely N-dealkylation sites (N-methyl/N-ethyl adjacent to an activating group) is 1. The van der Waals surface area contributed by atoms with E-state index in [9.17, 15) is 9.18 Å². The third-order valence-electron chi connectivity index (χ3n) is 6.08. The van der Waals surface area contributed by atoms with Crippen LogP contribution in [0, 0.1) is 5.95 Å². The van der Waals surface area contributed by atoms with E-state index in [1.165, 1.54) is 0 Å². The molecule has 1 unspecified atom stereocenters. The Morgan fingerprint density at radius 1 is 1.11 bits per heavy atom. The first-order valence-electron chi connectivity index (χ1n) is 11.5. The van der Waals surface area contributed by atoms with E-state index >= 15 is 0 Å². The van der Waals surface area contributed by atoms with Gasteiger partial charge in [0.15, 0.2) is 0 Å². The number of hydrogen-bond donors (Lipinski definition) is 2. The number of pyridine rings is 2. The summed E-state index contributed by atoms with van der Waals surface area (Å²) >= 11 is 0. The number of halogens is 1. The number of piperidine rings is 1. The molecule has 0 aliphatic carbocycles. The van der Waals surface area contributed by atoms with E-state index in [-0.39, 0.29) is 23.5 Å². The van der Waals surface area contributed by atoms with Crippen LogP contribution in [0.4, 0.5) is 21.8 Å². The van der Waals surface area contributed by atoms with Crippen LogP contribution in [0.1, 0.15) is 32.7 Å². The lowest BCUT2D eigenvalue weighted by atomic mass is 10.0. The summed E-state index contributed by atoms with van der Waals surface area (Å²) in [6.07, 6.45) is 6.60. The number of imidazole rings is 1. The lowest BCUT2D eigenvalue weighted by Gasteiger charge is -2.31. The Morgan fingerprint density at radius 3 is 2.71 bits per heavy atom. The highest BCUT2D eigenvalue weighted by Crippen LogP contribution is 2.26. The zero-order valence-corrected chi connectivity index (χ0v) is 19.7. The molecule has 35 heavy (non-hydrogen) atoms. The Balaban J connectivity index is 1.37. The average molecular weight is 476 g/mol. The van der Waals surface area contributed by atoms with Crippen LogP contribution in [0.15, 0.2) is 43.0 Å². The van der Waals surface area contributed by atoms with Gasteiger partial charge in [-0.3, -0.25) is 4.79 Å². The third kappa shape index (κ3) is 4.42. The molecule has 2 N–H and O–H groups in total. The summed E-state index contributed by atoms with van der Waals surface area (Å²) < 4.78 is 16.5. The van der Waals surface area contributed by atoms with Gasteiger partial charge in [0.25, 0.3) is 0 Å². The van der Waals surface area contributed by atoms with Crippen molar-refractivity contribution in [3.8, 4) is 11.4 Å². The molecule has 1 fully saturated rings. The molecular formula is C24H26FN9O. The number of carbonyl (C=O) groups excluding carboxylic acids is 1. The molecule has 0 bridgehead atoms. The van der Waals surface area contributed by atoms with Crippen molar-refractivity contribution in [3.05, 3.63) is 48.9 Å². The van der Waals surface area contributed by atoms with Gasteiger partial charge in [0.05, 0.1) is 41.2 Å². The van der Waals surface area contributed by atoms with Crippen LogP contribution < -0.4 is 15.5 Å². The topological polar surface area (TPSA) is 114 Å². The van der Waals surface area contributed by atoms with Gasteiger partial charge < -0.3 is 20.1 Å². The summed E-state index contributed by atoms with van der Waals surface area (Å²) in [5.74, 6) is 0.225. The van der Waals surface area contributed by atoms with Gasteiger partial charge in [0.2, 0.25) is 17.8 Å². The first kappa shape index (κ1) is 22.8. The summed E-state index contributed by atoms with van der Waals surface area (Å²) in [5, 5.41) is 6.13. The third-order valence-corrected chi connectivity index (χ3v) is 6.08. The normalized spacial score (nSPS) is 16.3. The van der Waals surface area contributed by atoms with Crippen molar-refractivity contribution in [2.45, 2.75) is 38.8 Å². The molecular weight excluding hydrogens is 449 g/mol. The van der Waals surface area contributed by atoms with E-state index < -0.39 is 5.95 Å². The molecule has 11 heteroatoms. The monoisotopic (exact) mass is 475 g/mol. The molecule has 0 radical (unpaired) electrons. The number of aromatic nitrogens is 6. The summed E-state index contributed by atoms with van der Waals surface area (Å²) in [6.45, 7) is 4.68. The Kier molecular flexibility index (Phi) is 6.08. The number of fused-ring (bicyclic) bond motifs is 1. The second kappa shape index (κ2) is 9.34. The molecule has 1 aliphatic rings. The van der Waals surface area contributed by atoms with E-state index in [0.29, 0.717) is 35.2 Å². The van der Waals surface area contributed by atoms with E-state index in [1.54, 1.807) is 48.9 Å². The van der Waals surface area contributed by atoms with Gasteiger partial charge in [-0.1, -0.05) is 0 Å². The number of nitrogens with one attached hydrogen (secondary N) is 2. The number of rotatable bonds is 6. The molecule has 1 amide bonds. The van der Waals surface area contributed by atoms with Crippen LogP contribution in [0.5, 0.6) is 0 Å². The predicted octanol–water partition coefficient (Wildman–Crippen LogP) is 3.46. The van der Waals surface area contributed by atoms with E-state index in [2.05, 4.69) is 35.6 Å². The number of amides is 1. The fourth-order valence-corrected chi connectivity index (χ4v) is 4.23. The number of anilines is 3. The maximum Gasteiger partial charge on any atom is 0.244 e. The summed E-state index contributed by atoms with van der Waals surface area (Å²) in [6, 6.07) is 7.01. The molecule has 4 aromatic heterocycles. The Morgan fingerprint density at radius 2 is 1.97 bits per heavy atom. The van der Waals surface area contributed by atoms with Gasteiger partial charge in [-0.15, -0.1) is 0 Å².